The lowest BCUT2D eigenvalue weighted by atomic mass is 10.0. The minimum atomic E-state index is -4.62. The summed E-state index contributed by atoms with van der Waals surface area (Å²) in [6.07, 6.45) is -3.99. The molecule has 0 saturated carbocycles. The van der Waals surface area contributed by atoms with Crippen LogP contribution in [0, 0.1) is 0 Å². The van der Waals surface area contributed by atoms with E-state index < -0.39 is 11.7 Å². The van der Waals surface area contributed by atoms with Crippen LogP contribution in [0.2, 0.25) is 20.2 Å². The van der Waals surface area contributed by atoms with Gasteiger partial charge in [-0.1, -0.05) is 46.4 Å². The Morgan fingerprint density at radius 1 is 0.950 bits per heavy atom. The molecule has 0 atom stereocenters. The highest BCUT2D eigenvalue weighted by molar-refractivity contribution is 6.46. The van der Waals surface area contributed by atoms with E-state index in [9.17, 15) is 13.2 Å². The van der Waals surface area contributed by atoms with Gasteiger partial charge in [0.2, 0.25) is 0 Å². The second-order valence-corrected chi connectivity index (χ2v) is 5.35. The van der Waals surface area contributed by atoms with E-state index >= 15 is 0 Å². The lowest BCUT2D eigenvalue weighted by Crippen LogP contribution is -2.08. The van der Waals surface area contributed by atoms with Crippen LogP contribution in [0.4, 0.5) is 13.2 Å². The number of hydrogen-bond donors (Lipinski definition) is 0. The van der Waals surface area contributed by atoms with E-state index in [1.807, 2.05) is 0 Å². The van der Waals surface area contributed by atoms with E-state index in [1.54, 1.807) is 0 Å². The van der Waals surface area contributed by atoms with Gasteiger partial charge < -0.3 is 0 Å². The molecule has 0 amide bonds. The van der Waals surface area contributed by atoms with Crippen molar-refractivity contribution in [3.8, 4) is 11.1 Å². The number of nitrogens with zero attached hydrogens (tertiary/aromatic N) is 1. The van der Waals surface area contributed by atoms with Crippen molar-refractivity contribution in [2.24, 2.45) is 0 Å². The van der Waals surface area contributed by atoms with Gasteiger partial charge in [0, 0.05) is 17.3 Å². The predicted molar refractivity (Wildman–Crippen MR) is 74.7 cm³/mol. The summed E-state index contributed by atoms with van der Waals surface area (Å²) in [5.41, 5.74) is -1.29. The maximum atomic E-state index is 13.0. The van der Waals surface area contributed by atoms with Crippen molar-refractivity contribution >= 4 is 46.4 Å². The zero-order valence-corrected chi connectivity index (χ0v) is 12.4. The molecule has 0 aliphatic carbocycles. The monoisotopic (exact) mass is 359 g/mol. The quantitative estimate of drug-likeness (QED) is 0.424. The first kappa shape index (κ1) is 15.7. The molecule has 20 heavy (non-hydrogen) atoms. The molecule has 0 bridgehead atoms. The first-order chi connectivity index (χ1) is 9.21. The van der Waals surface area contributed by atoms with Crippen molar-refractivity contribution < 1.29 is 13.2 Å². The Labute approximate surface area is 132 Å². The molecule has 2 aromatic rings. The fourth-order valence-corrected chi connectivity index (χ4v) is 2.53. The van der Waals surface area contributed by atoms with Gasteiger partial charge in [-0.25, -0.2) is 4.98 Å². The third kappa shape index (κ3) is 2.98. The van der Waals surface area contributed by atoms with E-state index in [2.05, 4.69) is 4.98 Å². The van der Waals surface area contributed by atoms with Gasteiger partial charge in [0.15, 0.2) is 0 Å². The average molecular weight is 361 g/mol. The molecule has 2 rings (SSSR count). The molecule has 0 unspecified atom stereocenters. The Bertz CT molecular complexity index is 670. The van der Waals surface area contributed by atoms with Crippen LogP contribution >= 0.6 is 46.4 Å². The number of halogens is 7. The van der Waals surface area contributed by atoms with Crippen LogP contribution in [-0.4, -0.2) is 4.98 Å². The SMILES string of the molecule is FC(F)(F)c1cnc(Cl)cc1-c1c(Cl)ccc(Cl)c1Cl. The minimum absolute atomic E-state index is 0.0301. The minimum Gasteiger partial charge on any atom is -0.244 e. The first-order valence-corrected chi connectivity index (χ1v) is 6.59. The lowest BCUT2D eigenvalue weighted by molar-refractivity contribution is -0.137. The average Bonchev–Trinajstić information content (AvgIpc) is 2.33. The number of hydrogen-bond acceptors (Lipinski definition) is 1. The second kappa shape index (κ2) is 5.60. The number of rotatable bonds is 1. The highest BCUT2D eigenvalue weighted by Gasteiger charge is 2.35. The molecule has 106 valence electrons. The zero-order chi connectivity index (χ0) is 15.1. The summed E-state index contributed by atoms with van der Waals surface area (Å²) in [7, 11) is 0. The van der Waals surface area contributed by atoms with Gasteiger partial charge in [-0.05, 0) is 18.2 Å². The van der Waals surface area contributed by atoms with Gasteiger partial charge in [0.25, 0.3) is 0 Å². The van der Waals surface area contributed by atoms with Gasteiger partial charge >= 0.3 is 6.18 Å². The van der Waals surface area contributed by atoms with E-state index in [1.165, 1.54) is 12.1 Å². The molecular weight excluding hydrogens is 357 g/mol. The third-order valence-electron chi connectivity index (χ3n) is 2.49. The highest BCUT2D eigenvalue weighted by Crippen LogP contribution is 2.44. The molecule has 1 nitrogen and oxygen atoms in total. The van der Waals surface area contributed by atoms with Crippen molar-refractivity contribution in [1.29, 1.82) is 0 Å². The smallest absolute Gasteiger partial charge is 0.244 e. The Kier molecular flexibility index (Phi) is 4.40. The van der Waals surface area contributed by atoms with E-state index in [0.29, 0.717) is 6.20 Å². The largest absolute Gasteiger partial charge is 0.418 e. The van der Waals surface area contributed by atoms with Crippen LogP contribution in [0.5, 0.6) is 0 Å². The predicted octanol–water partition coefficient (Wildman–Crippen LogP) is 6.38. The number of alkyl halides is 3. The number of aromatic nitrogens is 1. The molecule has 1 heterocycles. The molecule has 0 aliphatic heterocycles. The van der Waals surface area contributed by atoms with Gasteiger partial charge in [-0.15, -0.1) is 0 Å². The highest BCUT2D eigenvalue weighted by atomic mass is 35.5. The molecule has 0 aliphatic rings. The Balaban J connectivity index is 2.82. The molecule has 8 heteroatoms. The van der Waals surface area contributed by atoms with Gasteiger partial charge in [-0.2, -0.15) is 13.2 Å². The topological polar surface area (TPSA) is 12.9 Å². The fourth-order valence-electron chi connectivity index (χ4n) is 1.64. The van der Waals surface area contributed by atoms with Crippen molar-refractivity contribution in [2.75, 3.05) is 0 Å². The zero-order valence-electron chi connectivity index (χ0n) is 9.40. The van der Waals surface area contributed by atoms with E-state index in [-0.39, 0.29) is 31.3 Å². The van der Waals surface area contributed by atoms with Gasteiger partial charge in [0.05, 0.1) is 20.6 Å². The van der Waals surface area contributed by atoms with E-state index in [4.69, 9.17) is 46.4 Å². The molecule has 0 N–H and O–H groups in total. The van der Waals surface area contributed by atoms with Crippen LogP contribution in [0.15, 0.2) is 24.4 Å². The van der Waals surface area contributed by atoms with Crippen molar-refractivity contribution in [2.45, 2.75) is 6.18 Å². The Morgan fingerprint density at radius 2 is 1.55 bits per heavy atom. The molecular formula is C12H4Cl4F3N. The first-order valence-electron chi connectivity index (χ1n) is 5.08. The fraction of sp³-hybridized carbons (Fsp3) is 0.0833. The summed E-state index contributed by atoms with van der Waals surface area (Å²) in [4.78, 5) is 3.44. The summed E-state index contributed by atoms with van der Waals surface area (Å²) in [6.45, 7) is 0. The lowest BCUT2D eigenvalue weighted by Gasteiger charge is -2.15. The maximum Gasteiger partial charge on any atom is 0.418 e. The van der Waals surface area contributed by atoms with Crippen LogP contribution in [0.1, 0.15) is 5.56 Å². The van der Waals surface area contributed by atoms with Crippen LogP contribution in [0.3, 0.4) is 0 Å². The summed E-state index contributed by atoms with van der Waals surface area (Å²) in [6, 6.07) is 3.80. The third-order valence-corrected chi connectivity index (χ3v) is 3.82. The summed E-state index contributed by atoms with van der Waals surface area (Å²) < 4.78 is 39.1. The Morgan fingerprint density at radius 3 is 2.15 bits per heavy atom. The summed E-state index contributed by atoms with van der Waals surface area (Å²) in [5, 5.41) is -0.0636. The normalized spacial score (nSPS) is 11.8. The number of benzene rings is 1. The molecule has 0 spiro atoms. The Hall–Kier alpha value is -0.680. The second-order valence-electron chi connectivity index (χ2n) is 3.77. The number of pyridine rings is 1. The maximum absolute atomic E-state index is 13.0. The summed E-state index contributed by atoms with van der Waals surface area (Å²) in [5.74, 6) is 0. The van der Waals surface area contributed by atoms with Crippen LogP contribution in [-0.2, 0) is 6.18 Å². The van der Waals surface area contributed by atoms with Crippen LogP contribution in [0.25, 0.3) is 11.1 Å². The molecule has 1 aromatic heterocycles. The molecule has 0 radical (unpaired) electrons. The summed E-state index contributed by atoms with van der Waals surface area (Å²) >= 11 is 23.4. The van der Waals surface area contributed by atoms with Crippen LogP contribution < -0.4 is 0 Å². The van der Waals surface area contributed by atoms with Crippen molar-refractivity contribution in [3.05, 3.63) is 50.2 Å². The van der Waals surface area contributed by atoms with Gasteiger partial charge in [-0.3, -0.25) is 0 Å². The van der Waals surface area contributed by atoms with E-state index in [0.717, 1.165) is 6.07 Å². The molecule has 0 saturated heterocycles. The van der Waals surface area contributed by atoms with Crippen molar-refractivity contribution in [3.63, 3.8) is 0 Å². The van der Waals surface area contributed by atoms with Gasteiger partial charge in [0.1, 0.15) is 5.15 Å². The molecule has 0 fully saturated rings. The van der Waals surface area contributed by atoms with Crippen molar-refractivity contribution in [1.82, 2.24) is 4.98 Å². The molecule has 1 aromatic carbocycles. The standard InChI is InChI=1S/C12H4Cl4F3N/c13-7-1-2-8(14)11(16)10(7)5-3-9(15)20-4-6(5)12(17,18)19/h1-4H.